The summed E-state index contributed by atoms with van der Waals surface area (Å²) in [6.07, 6.45) is 6.91. The smallest absolute Gasteiger partial charge is 0.0263 e. The van der Waals surface area contributed by atoms with Crippen LogP contribution < -0.4 is 0 Å². The molecule has 18 heavy (non-hydrogen) atoms. The summed E-state index contributed by atoms with van der Waals surface area (Å²) < 4.78 is 0. The van der Waals surface area contributed by atoms with Gasteiger partial charge < -0.3 is 0 Å². The minimum atomic E-state index is 0.781. The van der Waals surface area contributed by atoms with Gasteiger partial charge in [-0.15, -0.1) is 11.8 Å². The topological polar surface area (TPSA) is 3.24 Å². The molecule has 2 unspecified atom stereocenters. The van der Waals surface area contributed by atoms with Gasteiger partial charge in [0.1, 0.15) is 0 Å². The zero-order valence-corrected chi connectivity index (χ0v) is 12.1. The van der Waals surface area contributed by atoms with E-state index >= 15 is 0 Å². The van der Waals surface area contributed by atoms with Crippen molar-refractivity contribution in [3.8, 4) is 0 Å². The number of nitrogens with zero attached hydrogens (tertiary/aromatic N) is 1. The van der Waals surface area contributed by atoms with E-state index in [1.54, 1.807) is 5.56 Å². The van der Waals surface area contributed by atoms with Crippen molar-refractivity contribution in [3.05, 3.63) is 29.8 Å². The summed E-state index contributed by atoms with van der Waals surface area (Å²) >= 11 is 2.10. The Morgan fingerprint density at radius 3 is 3.00 bits per heavy atom. The highest BCUT2D eigenvalue weighted by Crippen LogP contribution is 2.37. The molecule has 2 heteroatoms. The van der Waals surface area contributed by atoms with Crippen molar-refractivity contribution < 1.29 is 0 Å². The average molecular weight is 261 g/mol. The van der Waals surface area contributed by atoms with E-state index in [0.717, 1.165) is 11.3 Å². The molecule has 0 bridgehead atoms. The van der Waals surface area contributed by atoms with E-state index in [1.165, 1.54) is 50.1 Å². The zero-order valence-electron chi connectivity index (χ0n) is 11.3. The largest absolute Gasteiger partial charge is 0.300 e. The van der Waals surface area contributed by atoms with Gasteiger partial charge in [0.2, 0.25) is 0 Å². The van der Waals surface area contributed by atoms with Crippen LogP contribution in [0.25, 0.3) is 0 Å². The highest BCUT2D eigenvalue weighted by molar-refractivity contribution is 8.00. The zero-order chi connectivity index (χ0) is 12.4. The number of rotatable bonds is 2. The first-order valence-corrected chi connectivity index (χ1v) is 8.19. The van der Waals surface area contributed by atoms with Gasteiger partial charge in [0, 0.05) is 22.7 Å². The Labute approximate surface area is 115 Å². The molecule has 2 atom stereocenters. The Kier molecular flexibility index (Phi) is 3.95. The second kappa shape index (κ2) is 5.66. The molecule has 0 N–H and O–H groups in total. The fourth-order valence-corrected chi connectivity index (χ4v) is 4.57. The quantitative estimate of drug-likeness (QED) is 0.792. The summed E-state index contributed by atoms with van der Waals surface area (Å²) in [5, 5.41) is 0.781. The molecule has 0 aliphatic carbocycles. The molecule has 2 heterocycles. The third kappa shape index (κ3) is 2.75. The van der Waals surface area contributed by atoms with Gasteiger partial charge in [-0.2, -0.15) is 0 Å². The van der Waals surface area contributed by atoms with E-state index in [-0.39, 0.29) is 0 Å². The van der Waals surface area contributed by atoms with E-state index in [1.807, 2.05) is 0 Å². The molecule has 3 rings (SSSR count). The summed E-state index contributed by atoms with van der Waals surface area (Å²) in [6.45, 7) is 5.01. The first-order valence-electron chi connectivity index (χ1n) is 7.31. The third-order valence-electron chi connectivity index (χ3n) is 4.34. The van der Waals surface area contributed by atoms with Crippen LogP contribution in [0.4, 0.5) is 0 Å². The van der Waals surface area contributed by atoms with E-state index in [0.29, 0.717) is 0 Å². The highest BCUT2D eigenvalue weighted by atomic mass is 32.2. The number of fused-ring (bicyclic) bond motifs is 1. The maximum Gasteiger partial charge on any atom is 0.0263 e. The molecule has 98 valence electrons. The molecule has 1 saturated heterocycles. The van der Waals surface area contributed by atoms with Gasteiger partial charge in [-0.05, 0) is 44.4 Å². The Bertz CT molecular complexity index is 379. The van der Waals surface area contributed by atoms with Gasteiger partial charge in [0.15, 0.2) is 0 Å². The number of likely N-dealkylation sites (tertiary alicyclic amines) is 1. The van der Waals surface area contributed by atoms with Crippen LogP contribution in [0.2, 0.25) is 0 Å². The number of hydrogen-bond acceptors (Lipinski definition) is 2. The van der Waals surface area contributed by atoms with Crippen LogP contribution in [0, 0.1) is 0 Å². The monoisotopic (exact) mass is 261 g/mol. The summed E-state index contributed by atoms with van der Waals surface area (Å²) in [6, 6.07) is 9.72. The number of thioether (sulfide) groups is 1. The molecule has 1 aromatic carbocycles. The Hall–Kier alpha value is -0.470. The summed E-state index contributed by atoms with van der Waals surface area (Å²) in [5.41, 5.74) is 1.56. The maximum absolute atomic E-state index is 2.73. The predicted molar refractivity (Wildman–Crippen MR) is 79.3 cm³/mol. The van der Waals surface area contributed by atoms with E-state index in [9.17, 15) is 0 Å². The molecule has 0 spiro atoms. The lowest BCUT2D eigenvalue weighted by atomic mass is 10.1. The molecule has 2 aliphatic heterocycles. The number of hydrogen-bond donors (Lipinski definition) is 0. The molecule has 0 amide bonds. The van der Waals surface area contributed by atoms with Crippen LogP contribution in [-0.4, -0.2) is 29.3 Å². The standard InChI is InChI=1S/C16H23NS/c1-13-7-3-2-6-10-17(13)12-15-11-14-8-4-5-9-16(14)18-15/h4-5,8-9,13,15H,2-3,6-7,10-12H2,1H3. The van der Waals surface area contributed by atoms with E-state index < -0.39 is 0 Å². The van der Waals surface area contributed by atoms with Crippen molar-refractivity contribution in [2.24, 2.45) is 0 Å². The summed E-state index contributed by atoms with van der Waals surface area (Å²) in [7, 11) is 0. The van der Waals surface area contributed by atoms with E-state index in [4.69, 9.17) is 0 Å². The van der Waals surface area contributed by atoms with Gasteiger partial charge in [0.05, 0.1) is 0 Å². The molecule has 0 saturated carbocycles. The van der Waals surface area contributed by atoms with Crippen molar-refractivity contribution in [1.29, 1.82) is 0 Å². The third-order valence-corrected chi connectivity index (χ3v) is 5.64. The second-order valence-corrected chi connectivity index (χ2v) is 7.09. The Morgan fingerprint density at radius 2 is 2.11 bits per heavy atom. The lowest BCUT2D eigenvalue weighted by molar-refractivity contribution is 0.214. The molecular formula is C16H23NS. The minimum Gasteiger partial charge on any atom is -0.300 e. The van der Waals surface area contributed by atoms with Crippen LogP contribution in [0.1, 0.15) is 38.2 Å². The van der Waals surface area contributed by atoms with Crippen molar-refractivity contribution in [2.45, 2.75) is 55.2 Å². The molecule has 0 aromatic heterocycles. The molecule has 1 aromatic rings. The first kappa shape index (κ1) is 12.6. The average Bonchev–Trinajstić information content (AvgIpc) is 2.68. The van der Waals surface area contributed by atoms with Crippen LogP contribution in [0.15, 0.2) is 29.2 Å². The van der Waals surface area contributed by atoms with Crippen molar-refractivity contribution in [2.75, 3.05) is 13.1 Å². The lowest BCUT2D eigenvalue weighted by Crippen LogP contribution is -2.37. The van der Waals surface area contributed by atoms with Gasteiger partial charge in [0.25, 0.3) is 0 Å². The van der Waals surface area contributed by atoms with Crippen LogP contribution in [-0.2, 0) is 6.42 Å². The van der Waals surface area contributed by atoms with Crippen molar-refractivity contribution in [3.63, 3.8) is 0 Å². The molecule has 0 radical (unpaired) electrons. The van der Waals surface area contributed by atoms with Crippen molar-refractivity contribution >= 4 is 11.8 Å². The predicted octanol–water partition coefficient (Wildman–Crippen LogP) is 3.97. The van der Waals surface area contributed by atoms with Gasteiger partial charge in [-0.3, -0.25) is 4.90 Å². The highest BCUT2D eigenvalue weighted by Gasteiger charge is 2.26. The van der Waals surface area contributed by atoms with Crippen molar-refractivity contribution in [1.82, 2.24) is 4.90 Å². The number of benzene rings is 1. The van der Waals surface area contributed by atoms with Gasteiger partial charge in [-0.1, -0.05) is 31.0 Å². The molecule has 1 nitrogen and oxygen atoms in total. The summed E-state index contributed by atoms with van der Waals surface area (Å²) in [5.74, 6) is 0. The minimum absolute atomic E-state index is 0.781. The normalized spacial score (nSPS) is 28.9. The van der Waals surface area contributed by atoms with Gasteiger partial charge >= 0.3 is 0 Å². The molecule has 2 aliphatic rings. The summed E-state index contributed by atoms with van der Waals surface area (Å²) in [4.78, 5) is 4.25. The first-order chi connectivity index (χ1) is 8.83. The van der Waals surface area contributed by atoms with Crippen LogP contribution in [0.5, 0.6) is 0 Å². The SMILES string of the molecule is CC1CCCCCN1CC1Cc2ccccc2S1. The van der Waals surface area contributed by atoms with Gasteiger partial charge in [-0.25, -0.2) is 0 Å². The fourth-order valence-electron chi connectivity index (χ4n) is 3.22. The van der Waals surface area contributed by atoms with Crippen LogP contribution >= 0.6 is 11.8 Å². The maximum atomic E-state index is 2.73. The molecular weight excluding hydrogens is 238 g/mol. The Balaban J connectivity index is 1.61. The lowest BCUT2D eigenvalue weighted by Gasteiger charge is -2.29. The van der Waals surface area contributed by atoms with E-state index in [2.05, 4.69) is 47.9 Å². The van der Waals surface area contributed by atoms with Crippen LogP contribution in [0.3, 0.4) is 0 Å². The molecule has 1 fully saturated rings. The second-order valence-electron chi connectivity index (χ2n) is 5.74. The Morgan fingerprint density at radius 1 is 1.22 bits per heavy atom. The fraction of sp³-hybridized carbons (Fsp3) is 0.625.